The van der Waals surface area contributed by atoms with Crippen LogP contribution < -0.4 is 0 Å². The fourth-order valence-corrected chi connectivity index (χ4v) is 0.575. The molecule has 9 heavy (non-hydrogen) atoms. The molecule has 3 N–H and O–H groups in total. The molecule has 0 aliphatic heterocycles. The van der Waals surface area contributed by atoms with Crippen LogP contribution in [0.5, 0.6) is 0 Å². The first-order valence-electron chi connectivity index (χ1n) is 2.63. The molecule has 3 nitrogen and oxygen atoms in total. The van der Waals surface area contributed by atoms with E-state index >= 15 is 0 Å². The third-order valence-electron chi connectivity index (χ3n) is 0.969. The second-order valence-electron chi connectivity index (χ2n) is 1.72. The zero-order chi connectivity index (χ0) is 7.28. The lowest BCUT2D eigenvalue weighted by molar-refractivity contribution is -0.00925. The Labute approximate surface area is 58.9 Å². The summed E-state index contributed by atoms with van der Waals surface area (Å²) in [6.45, 7) is -0.426. The van der Waals surface area contributed by atoms with Gasteiger partial charge in [-0.25, -0.2) is 0 Å². The average Bonchev–Trinajstić information content (AvgIpc) is 1.87. The summed E-state index contributed by atoms with van der Waals surface area (Å²) in [5, 5.41) is 27.1. The Morgan fingerprint density at radius 1 is 1.33 bits per heavy atom. The summed E-state index contributed by atoms with van der Waals surface area (Å²) < 4.78 is 0. The van der Waals surface area contributed by atoms with E-state index in [4.69, 9.17) is 15.3 Å². The third kappa shape index (κ3) is 3.53. The molecule has 0 heterocycles. The van der Waals surface area contributed by atoms with Gasteiger partial charge in [0.2, 0.25) is 0 Å². The van der Waals surface area contributed by atoms with Crippen molar-refractivity contribution >= 4 is 17.6 Å². The minimum Gasteiger partial charge on any atom is -0.394 e. The number of thiocarbonyl (C=S) groups is 1. The highest BCUT2D eigenvalue weighted by Crippen LogP contribution is 1.95. The molecular formula is C5H10O3S. The van der Waals surface area contributed by atoms with Crippen molar-refractivity contribution < 1.29 is 15.3 Å². The van der Waals surface area contributed by atoms with Crippen LogP contribution in [0.25, 0.3) is 0 Å². The van der Waals surface area contributed by atoms with Gasteiger partial charge in [-0.1, -0.05) is 12.2 Å². The molecule has 0 aliphatic rings. The maximum atomic E-state index is 8.81. The van der Waals surface area contributed by atoms with E-state index in [1.807, 2.05) is 0 Å². The van der Waals surface area contributed by atoms with E-state index in [0.29, 0.717) is 0 Å². The van der Waals surface area contributed by atoms with Gasteiger partial charge < -0.3 is 15.3 Å². The highest BCUT2D eigenvalue weighted by atomic mass is 32.1. The zero-order valence-electron chi connectivity index (χ0n) is 4.90. The Balaban J connectivity index is 3.44. The molecule has 2 atom stereocenters. The first kappa shape index (κ1) is 8.97. The standard InChI is InChI=1S/C5H10O3S/c6-3-5(8)4(7)1-2-9/h2,4-8H,1,3H2. The average molecular weight is 150 g/mol. The molecule has 4 heteroatoms. The minimum absolute atomic E-state index is 0.233. The maximum Gasteiger partial charge on any atom is 0.103 e. The van der Waals surface area contributed by atoms with Crippen molar-refractivity contribution in [1.82, 2.24) is 0 Å². The molecule has 0 aromatic heterocycles. The molecule has 0 radical (unpaired) electrons. The fourth-order valence-electron chi connectivity index (χ4n) is 0.377. The molecule has 0 aromatic rings. The van der Waals surface area contributed by atoms with E-state index in [1.54, 1.807) is 0 Å². The summed E-state index contributed by atoms with van der Waals surface area (Å²) in [5.41, 5.74) is 0. The van der Waals surface area contributed by atoms with Crippen molar-refractivity contribution in [2.75, 3.05) is 6.61 Å². The lowest BCUT2D eigenvalue weighted by atomic mass is 10.2. The van der Waals surface area contributed by atoms with E-state index in [2.05, 4.69) is 12.2 Å². The van der Waals surface area contributed by atoms with Gasteiger partial charge in [0.15, 0.2) is 0 Å². The van der Waals surface area contributed by atoms with Gasteiger partial charge in [0, 0.05) is 6.42 Å². The second-order valence-corrected chi connectivity index (χ2v) is 2.05. The number of hydrogen-bond acceptors (Lipinski definition) is 4. The molecule has 0 aliphatic carbocycles. The molecule has 2 unspecified atom stereocenters. The lowest BCUT2D eigenvalue weighted by Crippen LogP contribution is -2.29. The molecule has 0 rings (SSSR count). The molecule has 0 aromatic carbocycles. The lowest BCUT2D eigenvalue weighted by Gasteiger charge is -2.11. The van der Waals surface area contributed by atoms with Gasteiger partial charge in [0.05, 0.1) is 12.7 Å². The van der Waals surface area contributed by atoms with E-state index in [0.717, 1.165) is 0 Å². The molecule has 54 valence electrons. The molecule has 0 saturated carbocycles. The normalized spacial score (nSPS) is 16.8. The highest BCUT2D eigenvalue weighted by molar-refractivity contribution is 7.78. The highest BCUT2D eigenvalue weighted by Gasteiger charge is 2.12. The molecular weight excluding hydrogens is 140 g/mol. The quantitative estimate of drug-likeness (QED) is 0.454. The van der Waals surface area contributed by atoms with Crippen molar-refractivity contribution in [3.8, 4) is 0 Å². The topological polar surface area (TPSA) is 60.7 Å². The number of aliphatic hydroxyl groups excluding tert-OH is 3. The summed E-state index contributed by atoms with van der Waals surface area (Å²) in [4.78, 5) is 0. The second kappa shape index (κ2) is 4.81. The van der Waals surface area contributed by atoms with Crippen LogP contribution in [-0.2, 0) is 0 Å². The van der Waals surface area contributed by atoms with Crippen LogP contribution in [0.1, 0.15) is 6.42 Å². The number of rotatable bonds is 4. The smallest absolute Gasteiger partial charge is 0.103 e. The molecule has 0 saturated heterocycles. The van der Waals surface area contributed by atoms with Crippen molar-refractivity contribution in [3.63, 3.8) is 0 Å². The van der Waals surface area contributed by atoms with Crippen LogP contribution in [0.3, 0.4) is 0 Å². The van der Waals surface area contributed by atoms with E-state index in [9.17, 15) is 0 Å². The Hall–Kier alpha value is -0.0300. The first-order chi connectivity index (χ1) is 4.22. The number of hydrogen-bond donors (Lipinski definition) is 3. The maximum absolute atomic E-state index is 8.81. The largest absolute Gasteiger partial charge is 0.394 e. The van der Waals surface area contributed by atoms with Gasteiger partial charge in [-0.15, -0.1) is 0 Å². The van der Waals surface area contributed by atoms with Gasteiger partial charge >= 0.3 is 0 Å². The first-order valence-corrected chi connectivity index (χ1v) is 3.10. The predicted octanol–water partition coefficient (Wildman–Crippen LogP) is -0.910. The van der Waals surface area contributed by atoms with E-state index in [-0.39, 0.29) is 6.42 Å². The van der Waals surface area contributed by atoms with Gasteiger partial charge in [0.1, 0.15) is 6.10 Å². The van der Waals surface area contributed by atoms with Gasteiger partial charge in [-0.3, -0.25) is 0 Å². The van der Waals surface area contributed by atoms with Crippen LogP contribution in [0.15, 0.2) is 0 Å². The van der Waals surface area contributed by atoms with Crippen LogP contribution in [-0.4, -0.2) is 39.5 Å². The summed E-state index contributed by atoms with van der Waals surface area (Å²) in [5.74, 6) is 0. The van der Waals surface area contributed by atoms with Crippen molar-refractivity contribution in [3.05, 3.63) is 0 Å². The van der Waals surface area contributed by atoms with Crippen LogP contribution in [0.4, 0.5) is 0 Å². The van der Waals surface area contributed by atoms with Gasteiger partial charge in [-0.05, 0) is 5.37 Å². The molecule has 0 spiro atoms. The Bertz CT molecular complexity index is 86.3. The molecule has 0 fully saturated rings. The Kier molecular flexibility index (Phi) is 4.80. The van der Waals surface area contributed by atoms with E-state index in [1.165, 1.54) is 5.37 Å². The zero-order valence-corrected chi connectivity index (χ0v) is 5.71. The van der Waals surface area contributed by atoms with E-state index < -0.39 is 18.8 Å². The summed E-state index contributed by atoms with van der Waals surface area (Å²) in [7, 11) is 0. The van der Waals surface area contributed by atoms with Crippen LogP contribution >= 0.6 is 12.2 Å². The minimum atomic E-state index is -1.07. The fraction of sp³-hybridized carbons (Fsp3) is 0.800. The summed E-state index contributed by atoms with van der Waals surface area (Å²) in [6.07, 6.45) is -1.76. The molecule has 0 amide bonds. The Morgan fingerprint density at radius 2 is 1.89 bits per heavy atom. The van der Waals surface area contributed by atoms with Crippen LogP contribution in [0.2, 0.25) is 0 Å². The van der Waals surface area contributed by atoms with Crippen molar-refractivity contribution in [2.24, 2.45) is 0 Å². The molecule has 0 bridgehead atoms. The summed E-state index contributed by atoms with van der Waals surface area (Å²) in [6, 6.07) is 0. The summed E-state index contributed by atoms with van der Waals surface area (Å²) >= 11 is 4.42. The number of aliphatic hydroxyl groups is 3. The SMILES string of the molecule is OCC(O)C(O)CC=S. The van der Waals surface area contributed by atoms with Gasteiger partial charge in [-0.2, -0.15) is 0 Å². The third-order valence-corrected chi connectivity index (χ3v) is 1.16. The van der Waals surface area contributed by atoms with Crippen LogP contribution in [0, 0.1) is 0 Å². The van der Waals surface area contributed by atoms with Crippen molar-refractivity contribution in [2.45, 2.75) is 18.6 Å². The van der Waals surface area contributed by atoms with Gasteiger partial charge in [0.25, 0.3) is 0 Å². The Morgan fingerprint density at radius 3 is 2.22 bits per heavy atom. The predicted molar refractivity (Wildman–Crippen MR) is 37.4 cm³/mol. The van der Waals surface area contributed by atoms with Crippen molar-refractivity contribution in [1.29, 1.82) is 0 Å². The monoisotopic (exact) mass is 150 g/mol.